The van der Waals surface area contributed by atoms with Crippen LogP contribution in [0, 0.1) is 0 Å². The molecule has 0 aromatic carbocycles. The second-order valence-electron chi connectivity index (χ2n) is 8.04. The summed E-state index contributed by atoms with van der Waals surface area (Å²) in [5.41, 5.74) is 0. The van der Waals surface area contributed by atoms with E-state index in [1.807, 2.05) is 0 Å². The summed E-state index contributed by atoms with van der Waals surface area (Å²) in [4.78, 5) is 11.4. The van der Waals surface area contributed by atoms with E-state index >= 15 is 0 Å². The van der Waals surface area contributed by atoms with E-state index in [-0.39, 0.29) is 18.8 Å². The predicted molar refractivity (Wildman–Crippen MR) is 111 cm³/mol. The molecule has 9 heteroatoms. The third-order valence-corrected chi connectivity index (χ3v) is 12.4. The molecule has 0 radical (unpaired) electrons. The Balaban J connectivity index is 3.80. The third kappa shape index (κ3) is 16.0. The lowest BCUT2D eigenvalue weighted by Crippen LogP contribution is -2.44. The van der Waals surface area contributed by atoms with Gasteiger partial charge in [-0.25, -0.2) is 8.42 Å². The molecule has 0 bridgehead atoms. The molecule has 0 aliphatic carbocycles. The maximum atomic E-state index is 11.4. The van der Waals surface area contributed by atoms with Crippen molar-refractivity contribution in [2.45, 2.75) is 70.9 Å². The lowest BCUT2D eigenvalue weighted by Gasteiger charge is -2.34. The van der Waals surface area contributed by atoms with Crippen LogP contribution in [0.15, 0.2) is 0 Å². The van der Waals surface area contributed by atoms with Crippen molar-refractivity contribution in [3.63, 3.8) is 0 Å². The van der Waals surface area contributed by atoms with Gasteiger partial charge in [0.05, 0.1) is 18.8 Å². The van der Waals surface area contributed by atoms with Crippen LogP contribution >= 0.6 is 0 Å². The van der Waals surface area contributed by atoms with Gasteiger partial charge in [0.2, 0.25) is 0 Å². The van der Waals surface area contributed by atoms with Gasteiger partial charge in [-0.15, -0.1) is 0 Å². The van der Waals surface area contributed by atoms with E-state index in [0.717, 1.165) is 18.7 Å². The van der Waals surface area contributed by atoms with Crippen LogP contribution in [0.1, 0.15) is 32.6 Å². The molecule has 0 aliphatic rings. The normalized spacial score (nSPS) is 13.0. The van der Waals surface area contributed by atoms with E-state index in [1.54, 1.807) is 0 Å². The van der Waals surface area contributed by atoms with E-state index in [0.29, 0.717) is 13.2 Å². The predicted octanol–water partition coefficient (Wildman–Crippen LogP) is 3.60. The van der Waals surface area contributed by atoms with E-state index in [1.165, 1.54) is 18.9 Å². The lowest BCUT2D eigenvalue weighted by molar-refractivity contribution is -0.144. The first-order valence-electron chi connectivity index (χ1n) is 9.48. The molecule has 0 aromatic heterocycles. The van der Waals surface area contributed by atoms with Crippen molar-refractivity contribution in [2.24, 2.45) is 0 Å². The van der Waals surface area contributed by atoms with Crippen LogP contribution in [0.25, 0.3) is 0 Å². The van der Waals surface area contributed by atoms with Crippen LogP contribution < -0.4 is 0 Å². The molecule has 156 valence electrons. The van der Waals surface area contributed by atoms with Crippen molar-refractivity contribution in [1.29, 1.82) is 0 Å². The molecule has 0 saturated heterocycles. The maximum Gasteiger partial charge on any atom is 0.306 e. The van der Waals surface area contributed by atoms with Crippen LogP contribution in [0.3, 0.4) is 0 Å². The Morgan fingerprint density at radius 1 is 0.923 bits per heavy atom. The first-order chi connectivity index (χ1) is 11.9. The van der Waals surface area contributed by atoms with Crippen LogP contribution in [-0.2, 0) is 28.2 Å². The van der Waals surface area contributed by atoms with Crippen molar-refractivity contribution in [3.8, 4) is 0 Å². The average Bonchev–Trinajstić information content (AvgIpc) is 2.48. The second kappa shape index (κ2) is 12.3. The molecule has 6 nitrogen and oxygen atoms in total. The Labute approximate surface area is 162 Å². The maximum absolute atomic E-state index is 11.4. The van der Waals surface area contributed by atoms with Gasteiger partial charge in [-0.2, -0.15) is 0 Å². The average molecular weight is 427 g/mol. The van der Waals surface area contributed by atoms with Gasteiger partial charge in [0.1, 0.15) is 16.4 Å². The van der Waals surface area contributed by atoms with E-state index in [9.17, 15) is 13.2 Å². The Morgan fingerprint density at radius 3 is 2.04 bits per heavy atom. The van der Waals surface area contributed by atoms with Gasteiger partial charge < -0.3 is 13.6 Å². The summed E-state index contributed by atoms with van der Waals surface area (Å²) in [6.45, 7) is 12.5. The highest BCUT2D eigenvalue weighted by atomic mass is 32.2. The lowest BCUT2D eigenvalue weighted by atomic mass is 10.4. The van der Waals surface area contributed by atoms with Gasteiger partial charge in [0.25, 0.3) is 0 Å². The largest absolute Gasteiger partial charge is 0.463 e. The highest BCUT2D eigenvalue weighted by Crippen LogP contribution is 2.24. The molecule has 0 N–H and O–H groups in total. The summed E-state index contributed by atoms with van der Waals surface area (Å²) in [6.07, 6.45) is 4.41. The molecular weight excluding hydrogens is 388 g/mol. The molecule has 0 atom stereocenters. The van der Waals surface area contributed by atoms with E-state index in [4.69, 9.17) is 13.6 Å². The van der Waals surface area contributed by atoms with Crippen molar-refractivity contribution >= 4 is 32.4 Å². The SMILES string of the molecule is CCCC[Si](C)(C)O[Si](C)(C)CCCOCCOC(=O)CCS(C)(=O)=O. The number of rotatable bonds is 15. The number of hydrogen-bond acceptors (Lipinski definition) is 6. The van der Waals surface area contributed by atoms with Crippen molar-refractivity contribution in [1.82, 2.24) is 0 Å². The zero-order valence-corrected chi connectivity index (χ0v) is 20.2. The van der Waals surface area contributed by atoms with E-state index in [2.05, 4.69) is 33.1 Å². The van der Waals surface area contributed by atoms with Gasteiger partial charge in [0.15, 0.2) is 16.6 Å². The molecule has 0 rings (SSSR count). The van der Waals surface area contributed by atoms with Crippen molar-refractivity contribution in [3.05, 3.63) is 0 Å². The van der Waals surface area contributed by atoms with Crippen LogP contribution in [0.4, 0.5) is 0 Å². The second-order valence-corrected chi connectivity index (χ2v) is 19.2. The summed E-state index contributed by atoms with van der Waals surface area (Å²) in [6, 6.07) is 2.28. The number of sulfone groups is 1. The van der Waals surface area contributed by atoms with Crippen LogP contribution in [0.5, 0.6) is 0 Å². The summed E-state index contributed by atoms with van der Waals surface area (Å²) in [7, 11) is -6.35. The summed E-state index contributed by atoms with van der Waals surface area (Å²) in [5, 5.41) is 0. The molecule has 0 heterocycles. The molecule has 0 saturated carbocycles. The zero-order valence-electron chi connectivity index (χ0n) is 17.4. The molecule has 0 aliphatic heterocycles. The number of carbonyl (C=O) groups is 1. The molecular formula is C17H38O6SSi2. The topological polar surface area (TPSA) is 78.9 Å². The number of hydrogen-bond donors (Lipinski definition) is 0. The minimum atomic E-state index is -3.13. The quantitative estimate of drug-likeness (QED) is 0.226. The first kappa shape index (κ1) is 25.8. The monoisotopic (exact) mass is 426 g/mol. The Morgan fingerprint density at radius 2 is 1.50 bits per heavy atom. The Bertz CT molecular complexity index is 505. The van der Waals surface area contributed by atoms with Crippen LogP contribution in [-0.4, -0.2) is 62.9 Å². The van der Waals surface area contributed by atoms with Crippen molar-refractivity contribution < 1.29 is 26.8 Å². The van der Waals surface area contributed by atoms with Crippen molar-refractivity contribution in [2.75, 3.05) is 31.8 Å². The molecule has 0 aromatic rings. The van der Waals surface area contributed by atoms with Gasteiger partial charge >= 0.3 is 5.97 Å². The van der Waals surface area contributed by atoms with E-state index < -0.39 is 32.4 Å². The fraction of sp³-hybridized carbons (Fsp3) is 0.941. The highest BCUT2D eigenvalue weighted by Gasteiger charge is 2.31. The number of carbonyl (C=O) groups excluding carboxylic acids is 1. The number of unbranched alkanes of at least 4 members (excludes halogenated alkanes) is 1. The minimum absolute atomic E-state index is 0.104. The minimum Gasteiger partial charge on any atom is -0.463 e. The molecule has 0 amide bonds. The molecule has 0 unspecified atom stereocenters. The summed E-state index contributed by atoms with van der Waals surface area (Å²) < 4.78 is 38.9. The Hall–Kier alpha value is -0.226. The highest BCUT2D eigenvalue weighted by molar-refractivity contribution is 7.90. The fourth-order valence-corrected chi connectivity index (χ4v) is 12.2. The van der Waals surface area contributed by atoms with Gasteiger partial charge in [0, 0.05) is 12.9 Å². The first-order valence-corrected chi connectivity index (χ1v) is 17.8. The summed E-state index contributed by atoms with van der Waals surface area (Å²) in [5.74, 6) is -0.676. The fourth-order valence-electron chi connectivity index (χ4n) is 2.71. The number of esters is 1. The smallest absolute Gasteiger partial charge is 0.306 e. The van der Waals surface area contributed by atoms with Crippen LogP contribution in [0.2, 0.25) is 38.3 Å². The zero-order chi connectivity index (χ0) is 20.3. The number of ether oxygens (including phenoxy) is 2. The molecule has 26 heavy (non-hydrogen) atoms. The third-order valence-electron chi connectivity index (χ3n) is 3.92. The standard InChI is InChI=1S/C17H38O6SSi2/c1-7-8-15-25(3,4)23-26(5,6)16-9-11-21-12-13-22-17(18)10-14-24(2,19)20/h7-16H2,1-6H3. The Kier molecular flexibility index (Phi) is 12.2. The van der Waals surface area contributed by atoms with Gasteiger partial charge in [-0.05, 0) is 44.7 Å². The van der Waals surface area contributed by atoms with Gasteiger partial charge in [-0.1, -0.05) is 19.8 Å². The molecule has 0 spiro atoms. The summed E-state index contributed by atoms with van der Waals surface area (Å²) >= 11 is 0. The van der Waals surface area contributed by atoms with Gasteiger partial charge in [-0.3, -0.25) is 4.79 Å². The molecule has 0 fully saturated rings.